The van der Waals surface area contributed by atoms with Gasteiger partial charge in [0.25, 0.3) is 0 Å². The summed E-state index contributed by atoms with van der Waals surface area (Å²) in [4.78, 5) is 11.3. The highest BCUT2D eigenvalue weighted by Gasteiger charge is 2.22. The molecule has 1 N–H and O–H groups in total. The Bertz CT molecular complexity index is 798. The van der Waals surface area contributed by atoms with Crippen molar-refractivity contribution in [2.75, 3.05) is 0 Å². The van der Waals surface area contributed by atoms with E-state index in [0.717, 1.165) is 5.69 Å². The van der Waals surface area contributed by atoms with E-state index in [1.54, 1.807) is 28.8 Å². The summed E-state index contributed by atoms with van der Waals surface area (Å²) >= 11 is 0. The van der Waals surface area contributed by atoms with Gasteiger partial charge in [0.05, 0.1) is 18.4 Å². The van der Waals surface area contributed by atoms with Gasteiger partial charge in [-0.2, -0.15) is 10.2 Å². The lowest BCUT2D eigenvalue weighted by atomic mass is 10.2. The monoisotopic (exact) mass is 287 g/mol. The summed E-state index contributed by atoms with van der Waals surface area (Å²) < 4.78 is 4.79. The first-order chi connectivity index (χ1) is 10.0. The van der Waals surface area contributed by atoms with Crippen LogP contribution in [0.1, 0.15) is 16.2 Å². The van der Waals surface area contributed by atoms with Crippen LogP contribution in [0.5, 0.6) is 0 Å². The van der Waals surface area contributed by atoms with Gasteiger partial charge in [0, 0.05) is 32.1 Å². The minimum atomic E-state index is -1.12. The summed E-state index contributed by atoms with van der Waals surface area (Å²) in [5.41, 5.74) is 1.74. The lowest BCUT2D eigenvalue weighted by molar-refractivity contribution is 0.0691. The number of aromatic nitrogens is 7. The third-order valence-electron chi connectivity index (χ3n) is 3.00. The summed E-state index contributed by atoms with van der Waals surface area (Å²) in [7, 11) is 3.58. The van der Waals surface area contributed by atoms with Gasteiger partial charge in [0.1, 0.15) is 5.69 Å². The van der Waals surface area contributed by atoms with Crippen LogP contribution >= 0.6 is 0 Å². The molecule has 0 fully saturated rings. The predicted molar refractivity (Wildman–Crippen MR) is 71.5 cm³/mol. The van der Waals surface area contributed by atoms with E-state index in [-0.39, 0.29) is 5.69 Å². The Kier molecular flexibility index (Phi) is 3.01. The number of hydrogen-bond acceptors (Lipinski definition) is 5. The van der Waals surface area contributed by atoms with Gasteiger partial charge in [0.2, 0.25) is 0 Å². The van der Waals surface area contributed by atoms with Gasteiger partial charge in [0.15, 0.2) is 5.69 Å². The highest BCUT2D eigenvalue weighted by Crippen LogP contribution is 2.22. The molecule has 0 aliphatic rings. The zero-order valence-corrected chi connectivity index (χ0v) is 11.5. The van der Waals surface area contributed by atoms with Gasteiger partial charge < -0.3 is 5.11 Å². The molecule has 9 nitrogen and oxygen atoms in total. The van der Waals surface area contributed by atoms with Crippen LogP contribution in [0, 0.1) is 0 Å². The van der Waals surface area contributed by atoms with Gasteiger partial charge in [-0.05, 0) is 6.07 Å². The van der Waals surface area contributed by atoms with Gasteiger partial charge in [-0.1, -0.05) is 5.21 Å². The Morgan fingerprint density at radius 3 is 2.71 bits per heavy atom. The van der Waals surface area contributed by atoms with Crippen LogP contribution in [-0.2, 0) is 20.6 Å². The second-order valence-electron chi connectivity index (χ2n) is 4.63. The molecular formula is C12H13N7O2. The third kappa shape index (κ3) is 2.40. The highest BCUT2D eigenvalue weighted by atomic mass is 16.4. The molecule has 0 saturated heterocycles. The maximum atomic E-state index is 11.3. The normalized spacial score (nSPS) is 11.0. The van der Waals surface area contributed by atoms with Crippen molar-refractivity contribution in [3.8, 4) is 11.3 Å². The van der Waals surface area contributed by atoms with Crippen molar-refractivity contribution in [2.45, 2.75) is 6.54 Å². The fourth-order valence-electron chi connectivity index (χ4n) is 2.10. The Morgan fingerprint density at radius 1 is 1.33 bits per heavy atom. The standard InChI is InChI=1S/C12H13N7O2/c1-17-4-3-9(15-17)7-19-11(8-5-13-18(2)6-8)10(12(20)21)14-16-19/h3-6H,7H2,1-2H3,(H,20,21). The molecule has 3 heterocycles. The molecule has 0 bridgehead atoms. The van der Waals surface area contributed by atoms with Gasteiger partial charge >= 0.3 is 5.97 Å². The van der Waals surface area contributed by atoms with Crippen LogP contribution in [0.4, 0.5) is 0 Å². The maximum Gasteiger partial charge on any atom is 0.358 e. The van der Waals surface area contributed by atoms with Crippen LogP contribution in [0.15, 0.2) is 24.7 Å². The van der Waals surface area contributed by atoms with Crippen LogP contribution < -0.4 is 0 Å². The third-order valence-corrected chi connectivity index (χ3v) is 3.00. The molecule has 0 aliphatic heterocycles. The van der Waals surface area contributed by atoms with Crippen molar-refractivity contribution >= 4 is 5.97 Å². The number of aryl methyl sites for hydroxylation is 2. The maximum absolute atomic E-state index is 11.3. The SMILES string of the molecule is Cn1cc(-c2c(C(=O)O)nnn2Cc2ccn(C)n2)cn1. The molecule has 0 amide bonds. The van der Waals surface area contributed by atoms with Crippen molar-refractivity contribution in [3.05, 3.63) is 36.0 Å². The smallest absolute Gasteiger partial charge is 0.358 e. The number of carbonyl (C=O) groups is 1. The molecular weight excluding hydrogens is 274 g/mol. The second-order valence-corrected chi connectivity index (χ2v) is 4.63. The Morgan fingerprint density at radius 2 is 2.14 bits per heavy atom. The van der Waals surface area contributed by atoms with E-state index >= 15 is 0 Å². The first-order valence-corrected chi connectivity index (χ1v) is 6.19. The van der Waals surface area contributed by atoms with Crippen LogP contribution in [0.3, 0.4) is 0 Å². The highest BCUT2D eigenvalue weighted by molar-refractivity contribution is 5.92. The molecule has 21 heavy (non-hydrogen) atoms. The van der Waals surface area contributed by atoms with E-state index in [9.17, 15) is 9.90 Å². The largest absolute Gasteiger partial charge is 0.476 e. The summed E-state index contributed by atoms with van der Waals surface area (Å²) in [6.45, 7) is 0.339. The van der Waals surface area contributed by atoms with Crippen molar-refractivity contribution in [1.82, 2.24) is 34.6 Å². The number of nitrogens with zero attached hydrogens (tertiary/aromatic N) is 7. The van der Waals surface area contributed by atoms with Crippen LogP contribution in [0.2, 0.25) is 0 Å². The van der Waals surface area contributed by atoms with Crippen LogP contribution in [-0.4, -0.2) is 45.6 Å². The lowest BCUT2D eigenvalue weighted by Gasteiger charge is -2.03. The number of rotatable bonds is 4. The molecule has 3 rings (SSSR count). The van der Waals surface area contributed by atoms with E-state index in [2.05, 4.69) is 20.5 Å². The van der Waals surface area contributed by atoms with Crippen molar-refractivity contribution in [3.63, 3.8) is 0 Å². The van der Waals surface area contributed by atoms with Gasteiger partial charge in [-0.15, -0.1) is 5.10 Å². The summed E-state index contributed by atoms with van der Waals surface area (Å²) in [5.74, 6) is -1.12. The summed E-state index contributed by atoms with van der Waals surface area (Å²) in [6.07, 6.45) is 5.12. The molecule has 0 saturated carbocycles. The Labute approximate surface area is 119 Å². The quantitative estimate of drug-likeness (QED) is 0.733. The van der Waals surface area contributed by atoms with E-state index in [1.165, 1.54) is 4.68 Å². The number of aromatic carboxylic acids is 1. The number of carboxylic acid groups (broad SMARTS) is 1. The molecule has 0 radical (unpaired) electrons. The minimum Gasteiger partial charge on any atom is -0.476 e. The first kappa shape index (κ1) is 13.0. The lowest BCUT2D eigenvalue weighted by Crippen LogP contribution is -2.06. The molecule has 0 unspecified atom stereocenters. The van der Waals surface area contributed by atoms with Crippen molar-refractivity contribution in [1.29, 1.82) is 0 Å². The van der Waals surface area contributed by atoms with Gasteiger partial charge in [-0.3, -0.25) is 9.36 Å². The van der Waals surface area contributed by atoms with Crippen molar-refractivity contribution in [2.24, 2.45) is 14.1 Å². The fraction of sp³-hybridized carbons (Fsp3) is 0.250. The average molecular weight is 287 g/mol. The minimum absolute atomic E-state index is 0.0982. The van der Waals surface area contributed by atoms with Crippen molar-refractivity contribution < 1.29 is 9.90 Å². The number of carboxylic acids is 1. The summed E-state index contributed by atoms with van der Waals surface area (Å²) in [5, 5.41) is 25.2. The molecule has 3 aromatic heterocycles. The topological polar surface area (TPSA) is 104 Å². The first-order valence-electron chi connectivity index (χ1n) is 6.19. The molecule has 0 aromatic carbocycles. The molecule has 9 heteroatoms. The van der Waals surface area contributed by atoms with E-state index in [4.69, 9.17) is 0 Å². The predicted octanol–water partition coefficient (Wildman–Crippen LogP) is 0.159. The van der Waals surface area contributed by atoms with E-state index in [1.807, 2.05) is 19.3 Å². The fourth-order valence-corrected chi connectivity index (χ4v) is 2.10. The molecule has 108 valence electrons. The second kappa shape index (κ2) is 4.85. The molecule has 0 spiro atoms. The molecule has 3 aromatic rings. The van der Waals surface area contributed by atoms with Gasteiger partial charge in [-0.25, -0.2) is 9.48 Å². The zero-order valence-electron chi connectivity index (χ0n) is 11.5. The Balaban J connectivity index is 2.06. The van der Waals surface area contributed by atoms with Crippen LogP contribution in [0.25, 0.3) is 11.3 Å². The van der Waals surface area contributed by atoms with E-state index < -0.39 is 5.97 Å². The zero-order chi connectivity index (χ0) is 15.0. The summed E-state index contributed by atoms with van der Waals surface area (Å²) in [6, 6.07) is 1.84. The molecule has 0 aliphatic carbocycles. The Hall–Kier alpha value is -2.97. The average Bonchev–Trinajstić information content (AvgIpc) is 3.10. The molecule has 0 atom stereocenters. The number of hydrogen-bond donors (Lipinski definition) is 1. The van der Waals surface area contributed by atoms with E-state index in [0.29, 0.717) is 17.8 Å².